The third kappa shape index (κ3) is 2.82. The Morgan fingerprint density at radius 3 is 2.84 bits per heavy atom. The molecule has 3 aliphatic rings. The van der Waals surface area contributed by atoms with Crippen molar-refractivity contribution in [1.29, 1.82) is 0 Å². The van der Waals surface area contributed by atoms with Crippen LogP contribution in [-0.2, 0) is 0 Å². The number of aromatic nitrogens is 2. The number of aliphatic hydroxyl groups is 1. The fourth-order valence-electron chi connectivity index (χ4n) is 4.36. The highest BCUT2D eigenvalue weighted by Crippen LogP contribution is 2.56. The average molecular weight is 355 g/mol. The molecule has 0 spiro atoms. The zero-order valence-electron chi connectivity index (χ0n) is 14.0. The Morgan fingerprint density at radius 1 is 1.40 bits per heavy atom. The van der Waals surface area contributed by atoms with E-state index in [0.717, 1.165) is 36.7 Å². The molecule has 2 atom stereocenters. The maximum Gasteiger partial charge on any atom is 0.207 e. The molecule has 0 amide bonds. The van der Waals surface area contributed by atoms with E-state index < -0.39 is 17.0 Å². The van der Waals surface area contributed by atoms with Gasteiger partial charge in [-0.05, 0) is 48.4 Å². The van der Waals surface area contributed by atoms with Gasteiger partial charge in [-0.1, -0.05) is 25.0 Å². The van der Waals surface area contributed by atoms with E-state index >= 15 is 0 Å². The Bertz CT molecular complexity index is 770. The molecule has 1 aromatic carbocycles. The molecule has 130 valence electrons. The van der Waals surface area contributed by atoms with Crippen LogP contribution in [0.4, 0.5) is 5.95 Å². The molecule has 0 saturated heterocycles. The number of fused-ring (bicyclic) bond motifs is 4. The maximum absolute atomic E-state index is 11.1. The minimum absolute atomic E-state index is 0.162. The lowest BCUT2D eigenvalue weighted by Gasteiger charge is -2.59. The molecule has 2 bridgehead atoms. The number of H-pyrrole nitrogens is 1. The smallest absolute Gasteiger partial charge is 0.207 e. The number of nitrogens with two attached hydrogens (primary N) is 1. The lowest BCUT2D eigenvalue weighted by molar-refractivity contribution is -0.104. The highest BCUT2D eigenvalue weighted by atomic mass is 32.1. The summed E-state index contributed by atoms with van der Waals surface area (Å²) >= 11 is 5.35. The van der Waals surface area contributed by atoms with Crippen molar-refractivity contribution in [2.24, 2.45) is 11.7 Å². The van der Waals surface area contributed by atoms with Crippen molar-refractivity contribution in [1.82, 2.24) is 15.3 Å². The molecule has 0 aliphatic heterocycles. The minimum Gasteiger partial charge on any atom is -0.386 e. The third-order valence-electron chi connectivity index (χ3n) is 5.93. The van der Waals surface area contributed by atoms with Crippen LogP contribution < -0.4 is 16.4 Å². The lowest BCUT2D eigenvalue weighted by atomic mass is 9.44. The molecule has 3 aliphatic carbocycles. The quantitative estimate of drug-likeness (QED) is 0.422. The van der Waals surface area contributed by atoms with Crippen molar-refractivity contribution >= 4 is 42.2 Å². The minimum atomic E-state index is -1.04. The van der Waals surface area contributed by atoms with Gasteiger partial charge in [-0.25, -0.2) is 4.98 Å². The predicted molar refractivity (Wildman–Crippen MR) is 104 cm³/mol. The van der Waals surface area contributed by atoms with E-state index in [2.05, 4.69) is 20.6 Å². The van der Waals surface area contributed by atoms with Crippen LogP contribution in [-0.4, -0.2) is 46.2 Å². The fourth-order valence-corrected chi connectivity index (χ4v) is 4.53. The zero-order chi connectivity index (χ0) is 17.7. The Hall–Kier alpha value is -1.64. The van der Waals surface area contributed by atoms with Crippen LogP contribution in [0.3, 0.4) is 0 Å². The zero-order valence-corrected chi connectivity index (χ0v) is 14.8. The van der Waals surface area contributed by atoms with Gasteiger partial charge in [0.15, 0.2) is 5.11 Å². The van der Waals surface area contributed by atoms with E-state index in [9.17, 15) is 5.11 Å². The van der Waals surface area contributed by atoms with Gasteiger partial charge in [0.2, 0.25) is 5.95 Å². The second kappa shape index (κ2) is 5.97. The summed E-state index contributed by atoms with van der Waals surface area (Å²) in [5.41, 5.74) is 7.09. The van der Waals surface area contributed by atoms with E-state index in [0.29, 0.717) is 11.1 Å². The Morgan fingerprint density at radius 2 is 2.12 bits per heavy atom. The Labute approximate surface area is 153 Å². The van der Waals surface area contributed by atoms with Crippen molar-refractivity contribution in [3.8, 4) is 0 Å². The van der Waals surface area contributed by atoms with E-state index in [-0.39, 0.29) is 12.5 Å². The van der Waals surface area contributed by atoms with Crippen molar-refractivity contribution in [2.45, 2.75) is 42.6 Å². The summed E-state index contributed by atoms with van der Waals surface area (Å²) < 4.78 is 0. The van der Waals surface area contributed by atoms with Gasteiger partial charge in [0.25, 0.3) is 0 Å². The maximum atomic E-state index is 11.1. The van der Waals surface area contributed by atoms with Gasteiger partial charge in [0.05, 0.1) is 24.5 Å². The number of nitrogens with zero attached hydrogens (tertiary/aromatic N) is 1. The molecule has 2 aromatic rings. The van der Waals surface area contributed by atoms with Crippen LogP contribution in [0.15, 0.2) is 24.3 Å². The van der Waals surface area contributed by atoms with Crippen LogP contribution in [0.2, 0.25) is 5.31 Å². The molecule has 6 nitrogen and oxygen atoms in total. The van der Waals surface area contributed by atoms with Gasteiger partial charge in [0.1, 0.15) is 0 Å². The number of nitrogens with one attached hydrogen (secondary N) is 3. The molecule has 2 radical (unpaired) electrons. The van der Waals surface area contributed by atoms with Crippen LogP contribution in [0.25, 0.3) is 11.0 Å². The molecule has 6 N–H and O–H groups in total. The number of aromatic amines is 1. The van der Waals surface area contributed by atoms with Crippen LogP contribution in [0, 0.1) is 5.92 Å². The van der Waals surface area contributed by atoms with E-state index in [4.69, 9.17) is 25.8 Å². The van der Waals surface area contributed by atoms with Gasteiger partial charge in [-0.3, -0.25) is 0 Å². The largest absolute Gasteiger partial charge is 0.386 e. The van der Waals surface area contributed by atoms with Crippen LogP contribution in [0.1, 0.15) is 25.7 Å². The first-order valence-electron chi connectivity index (χ1n) is 8.67. The van der Waals surface area contributed by atoms with E-state index in [1.54, 1.807) is 0 Å². The SMILES string of the molecule is [B]C12CCC(CC1)C(O)(CNC(=S)Nc1nc3ccccc3[nH]1)C2N. The van der Waals surface area contributed by atoms with E-state index in [1.165, 1.54) is 0 Å². The number of imidazole rings is 1. The molecule has 1 heterocycles. The van der Waals surface area contributed by atoms with E-state index in [1.807, 2.05) is 24.3 Å². The van der Waals surface area contributed by atoms with Gasteiger partial charge >= 0.3 is 0 Å². The summed E-state index contributed by atoms with van der Waals surface area (Å²) in [7, 11) is 6.41. The average Bonchev–Trinajstić information content (AvgIpc) is 3.00. The highest BCUT2D eigenvalue weighted by molar-refractivity contribution is 7.80. The second-order valence-electron chi connectivity index (χ2n) is 7.39. The Kier molecular flexibility index (Phi) is 4.01. The fraction of sp³-hybridized carbons (Fsp3) is 0.529. The number of anilines is 1. The number of hydrogen-bond acceptors (Lipinski definition) is 4. The number of thiocarbonyl (C=S) groups is 1. The molecule has 3 saturated carbocycles. The highest BCUT2D eigenvalue weighted by Gasteiger charge is 2.56. The van der Waals surface area contributed by atoms with Crippen LogP contribution >= 0.6 is 12.2 Å². The van der Waals surface area contributed by atoms with Crippen molar-refractivity contribution < 1.29 is 5.11 Å². The number of hydrogen-bond donors (Lipinski definition) is 5. The normalized spacial score (nSPS) is 34.2. The van der Waals surface area contributed by atoms with Crippen molar-refractivity contribution in [2.75, 3.05) is 11.9 Å². The first-order valence-corrected chi connectivity index (χ1v) is 9.08. The molecule has 25 heavy (non-hydrogen) atoms. The van der Waals surface area contributed by atoms with Crippen LogP contribution in [0.5, 0.6) is 0 Å². The standard InChI is InChI=1S/C17H22BN5OS/c18-16-7-5-10(6-8-16)17(24,13(16)19)9-20-15(25)23-14-21-11-3-1-2-4-12(11)22-14/h1-4,10,13,24H,5-9,19H2,(H3,20,21,22,23,25). The van der Waals surface area contributed by atoms with Gasteiger partial charge in [-0.15, -0.1) is 0 Å². The molecule has 8 heteroatoms. The molecule has 5 rings (SSSR count). The van der Waals surface area contributed by atoms with Gasteiger partial charge in [0, 0.05) is 12.6 Å². The second-order valence-corrected chi connectivity index (χ2v) is 7.79. The van der Waals surface area contributed by atoms with Gasteiger partial charge < -0.3 is 26.5 Å². The predicted octanol–water partition coefficient (Wildman–Crippen LogP) is 1.44. The summed E-state index contributed by atoms with van der Waals surface area (Å²) in [4.78, 5) is 7.59. The number of benzene rings is 1. The van der Waals surface area contributed by atoms with Crippen molar-refractivity contribution in [3.63, 3.8) is 0 Å². The first-order chi connectivity index (χ1) is 11.9. The van der Waals surface area contributed by atoms with Crippen molar-refractivity contribution in [3.05, 3.63) is 24.3 Å². The molecule has 1 aromatic heterocycles. The molecule has 3 fully saturated rings. The summed E-state index contributed by atoms with van der Waals surface area (Å²) in [6.07, 6.45) is 3.57. The molecule has 2 unspecified atom stereocenters. The summed E-state index contributed by atoms with van der Waals surface area (Å²) in [5, 5.41) is 17.2. The molecular weight excluding hydrogens is 333 g/mol. The number of rotatable bonds is 3. The summed E-state index contributed by atoms with van der Waals surface area (Å²) in [5.74, 6) is 0.727. The third-order valence-corrected chi connectivity index (χ3v) is 6.18. The monoisotopic (exact) mass is 355 g/mol. The van der Waals surface area contributed by atoms with Gasteiger partial charge in [-0.2, -0.15) is 0 Å². The summed E-state index contributed by atoms with van der Waals surface area (Å²) in [6.45, 7) is 0.282. The summed E-state index contributed by atoms with van der Waals surface area (Å²) in [6, 6.07) is 7.30. The molecular formula is C17H22BN5OS. The lowest BCUT2D eigenvalue weighted by Crippen LogP contribution is -2.68. The topological polar surface area (TPSA) is 99.0 Å². The first kappa shape index (κ1) is 16.8. The number of para-hydroxylation sites is 2. The Balaban J connectivity index is 1.41.